The molecule has 0 spiro atoms. The standard InChI is InChI=1S/C17H27N/c1-13-8-9-14(2)16(10-13)11-17(12-18-3)15-6-4-5-7-15/h8-10,15,17-18H,4-7,11-12H2,1-3H3. The van der Waals surface area contributed by atoms with Crippen molar-refractivity contribution in [3.05, 3.63) is 34.9 Å². The molecule has 1 aromatic carbocycles. The number of hydrogen-bond donors (Lipinski definition) is 1. The van der Waals surface area contributed by atoms with E-state index in [9.17, 15) is 0 Å². The third-order valence-electron chi connectivity index (χ3n) is 4.52. The third kappa shape index (κ3) is 3.35. The van der Waals surface area contributed by atoms with Gasteiger partial charge in [-0.2, -0.15) is 0 Å². The van der Waals surface area contributed by atoms with Gasteiger partial charge in [0.2, 0.25) is 0 Å². The third-order valence-corrected chi connectivity index (χ3v) is 4.52. The minimum Gasteiger partial charge on any atom is -0.319 e. The van der Waals surface area contributed by atoms with E-state index in [0.29, 0.717) is 0 Å². The second-order valence-electron chi connectivity index (χ2n) is 6.00. The summed E-state index contributed by atoms with van der Waals surface area (Å²) in [6.45, 7) is 5.61. The van der Waals surface area contributed by atoms with Crippen LogP contribution < -0.4 is 5.32 Å². The van der Waals surface area contributed by atoms with Gasteiger partial charge < -0.3 is 5.32 Å². The molecule has 1 saturated carbocycles. The Morgan fingerprint density at radius 3 is 2.61 bits per heavy atom. The summed E-state index contributed by atoms with van der Waals surface area (Å²) in [7, 11) is 2.09. The monoisotopic (exact) mass is 245 g/mol. The molecule has 1 fully saturated rings. The van der Waals surface area contributed by atoms with Crippen LogP contribution >= 0.6 is 0 Å². The molecule has 1 unspecified atom stereocenters. The predicted octanol–water partition coefficient (Wildman–Crippen LogP) is 3.87. The summed E-state index contributed by atoms with van der Waals surface area (Å²) in [6.07, 6.45) is 7.02. The van der Waals surface area contributed by atoms with E-state index < -0.39 is 0 Å². The van der Waals surface area contributed by atoms with Gasteiger partial charge in [0.05, 0.1) is 0 Å². The smallest absolute Gasteiger partial charge is 0.00177 e. The normalized spacial score (nSPS) is 18.2. The molecule has 0 saturated heterocycles. The Morgan fingerprint density at radius 1 is 1.22 bits per heavy atom. The lowest BCUT2D eigenvalue weighted by molar-refractivity contribution is 0.328. The Bertz CT molecular complexity index is 377. The summed E-state index contributed by atoms with van der Waals surface area (Å²) >= 11 is 0. The zero-order chi connectivity index (χ0) is 13.0. The van der Waals surface area contributed by atoms with Crippen LogP contribution in [0.2, 0.25) is 0 Å². The maximum Gasteiger partial charge on any atom is -0.00177 e. The highest BCUT2D eigenvalue weighted by molar-refractivity contribution is 5.30. The Hall–Kier alpha value is -0.820. The van der Waals surface area contributed by atoms with Gasteiger partial charge in [-0.15, -0.1) is 0 Å². The van der Waals surface area contributed by atoms with Crippen molar-refractivity contribution in [2.45, 2.75) is 46.0 Å². The molecule has 1 atom stereocenters. The van der Waals surface area contributed by atoms with E-state index in [1.807, 2.05) is 0 Å². The zero-order valence-corrected chi connectivity index (χ0v) is 12.1. The lowest BCUT2D eigenvalue weighted by Crippen LogP contribution is -2.26. The molecule has 1 nitrogen and oxygen atoms in total. The van der Waals surface area contributed by atoms with Crippen molar-refractivity contribution in [1.82, 2.24) is 5.32 Å². The van der Waals surface area contributed by atoms with Crippen LogP contribution in [0.5, 0.6) is 0 Å². The van der Waals surface area contributed by atoms with E-state index in [-0.39, 0.29) is 0 Å². The van der Waals surface area contributed by atoms with Gasteiger partial charge in [-0.25, -0.2) is 0 Å². The minimum absolute atomic E-state index is 0.818. The van der Waals surface area contributed by atoms with Gasteiger partial charge in [0, 0.05) is 0 Å². The SMILES string of the molecule is CNCC(Cc1cc(C)ccc1C)C1CCCC1. The number of nitrogens with one attached hydrogen (secondary N) is 1. The highest BCUT2D eigenvalue weighted by Gasteiger charge is 2.24. The first-order valence-corrected chi connectivity index (χ1v) is 7.41. The minimum atomic E-state index is 0.818. The fraction of sp³-hybridized carbons (Fsp3) is 0.647. The summed E-state index contributed by atoms with van der Waals surface area (Å²) < 4.78 is 0. The second kappa shape index (κ2) is 6.38. The molecule has 18 heavy (non-hydrogen) atoms. The van der Waals surface area contributed by atoms with Crippen molar-refractivity contribution in [2.75, 3.05) is 13.6 Å². The van der Waals surface area contributed by atoms with Gasteiger partial charge >= 0.3 is 0 Å². The maximum absolute atomic E-state index is 3.40. The molecule has 1 aliphatic carbocycles. The van der Waals surface area contributed by atoms with Crippen LogP contribution in [0.3, 0.4) is 0 Å². The van der Waals surface area contributed by atoms with Gasteiger partial charge in [0.25, 0.3) is 0 Å². The average Bonchev–Trinajstić information content (AvgIpc) is 2.87. The lowest BCUT2D eigenvalue weighted by atomic mass is 9.84. The van der Waals surface area contributed by atoms with Crippen LogP contribution in [-0.4, -0.2) is 13.6 Å². The quantitative estimate of drug-likeness (QED) is 0.830. The molecule has 0 aromatic heterocycles. The summed E-state index contributed by atoms with van der Waals surface area (Å²) in [5, 5.41) is 3.40. The molecule has 1 heteroatoms. The van der Waals surface area contributed by atoms with Crippen LogP contribution in [0.25, 0.3) is 0 Å². The first kappa shape index (κ1) is 13.6. The van der Waals surface area contributed by atoms with Crippen LogP contribution in [0.1, 0.15) is 42.4 Å². The lowest BCUT2D eigenvalue weighted by Gasteiger charge is -2.24. The van der Waals surface area contributed by atoms with Crippen molar-refractivity contribution in [2.24, 2.45) is 11.8 Å². The molecule has 0 radical (unpaired) electrons. The number of rotatable bonds is 5. The summed E-state index contributed by atoms with van der Waals surface area (Å²) in [5.74, 6) is 1.76. The molecular formula is C17H27N. The summed E-state index contributed by atoms with van der Waals surface area (Å²) in [6, 6.07) is 6.88. The van der Waals surface area contributed by atoms with E-state index in [2.05, 4.69) is 44.4 Å². The highest BCUT2D eigenvalue weighted by atomic mass is 14.8. The first-order chi connectivity index (χ1) is 8.70. The van der Waals surface area contributed by atoms with E-state index >= 15 is 0 Å². The summed E-state index contributed by atoms with van der Waals surface area (Å²) in [5.41, 5.74) is 4.41. The average molecular weight is 245 g/mol. The van der Waals surface area contributed by atoms with Crippen LogP contribution in [0.4, 0.5) is 0 Å². The molecule has 2 rings (SSSR count). The van der Waals surface area contributed by atoms with E-state index in [1.54, 1.807) is 5.56 Å². The first-order valence-electron chi connectivity index (χ1n) is 7.41. The molecule has 0 bridgehead atoms. The highest BCUT2D eigenvalue weighted by Crippen LogP contribution is 2.33. The van der Waals surface area contributed by atoms with Crippen molar-refractivity contribution in [1.29, 1.82) is 0 Å². The van der Waals surface area contributed by atoms with Crippen LogP contribution in [0.15, 0.2) is 18.2 Å². The van der Waals surface area contributed by atoms with Crippen LogP contribution in [0, 0.1) is 25.7 Å². The predicted molar refractivity (Wildman–Crippen MR) is 79.0 cm³/mol. The molecule has 0 aliphatic heterocycles. The van der Waals surface area contributed by atoms with Crippen molar-refractivity contribution < 1.29 is 0 Å². The van der Waals surface area contributed by atoms with E-state index in [1.165, 1.54) is 43.2 Å². The number of benzene rings is 1. The van der Waals surface area contributed by atoms with E-state index in [0.717, 1.165) is 18.4 Å². The Kier molecular flexibility index (Phi) is 4.82. The largest absolute Gasteiger partial charge is 0.319 e. The Morgan fingerprint density at radius 2 is 1.94 bits per heavy atom. The Balaban J connectivity index is 2.09. The molecule has 1 aliphatic rings. The van der Waals surface area contributed by atoms with Gasteiger partial charge in [-0.1, -0.05) is 49.4 Å². The number of hydrogen-bond acceptors (Lipinski definition) is 1. The van der Waals surface area contributed by atoms with Crippen molar-refractivity contribution in [3.63, 3.8) is 0 Å². The van der Waals surface area contributed by atoms with Crippen molar-refractivity contribution >= 4 is 0 Å². The molecule has 0 heterocycles. The zero-order valence-electron chi connectivity index (χ0n) is 12.1. The fourth-order valence-corrected chi connectivity index (χ4v) is 3.40. The fourth-order valence-electron chi connectivity index (χ4n) is 3.40. The van der Waals surface area contributed by atoms with Crippen molar-refractivity contribution in [3.8, 4) is 0 Å². The summed E-state index contributed by atoms with van der Waals surface area (Å²) in [4.78, 5) is 0. The van der Waals surface area contributed by atoms with Gasteiger partial charge in [0.15, 0.2) is 0 Å². The molecular weight excluding hydrogens is 218 g/mol. The maximum atomic E-state index is 3.40. The Labute approximate surface area is 112 Å². The van der Waals surface area contributed by atoms with Gasteiger partial charge in [-0.3, -0.25) is 0 Å². The second-order valence-corrected chi connectivity index (χ2v) is 6.00. The van der Waals surface area contributed by atoms with Crippen LogP contribution in [-0.2, 0) is 6.42 Å². The van der Waals surface area contributed by atoms with Gasteiger partial charge in [0.1, 0.15) is 0 Å². The molecule has 0 amide bonds. The van der Waals surface area contributed by atoms with E-state index in [4.69, 9.17) is 0 Å². The topological polar surface area (TPSA) is 12.0 Å². The molecule has 100 valence electrons. The molecule has 1 N–H and O–H groups in total. The van der Waals surface area contributed by atoms with Gasteiger partial charge in [-0.05, 0) is 56.8 Å². The molecule has 1 aromatic rings. The number of aryl methyl sites for hydroxylation is 2.